The third-order valence-electron chi connectivity index (χ3n) is 4.81. The molecule has 8 heteroatoms. The molecule has 1 unspecified atom stereocenters. The van der Waals surface area contributed by atoms with Crippen LogP contribution in [-0.2, 0) is 16.3 Å². The Hall–Kier alpha value is -2.48. The van der Waals surface area contributed by atoms with E-state index < -0.39 is 9.84 Å². The van der Waals surface area contributed by atoms with Gasteiger partial charge in [-0.1, -0.05) is 25.1 Å². The van der Waals surface area contributed by atoms with Crippen molar-refractivity contribution >= 4 is 27.2 Å². The van der Waals surface area contributed by atoms with Crippen LogP contribution in [0.3, 0.4) is 0 Å². The van der Waals surface area contributed by atoms with Crippen molar-refractivity contribution in [3.63, 3.8) is 0 Å². The number of carbonyl (C=O) groups is 1. The Bertz CT molecular complexity index is 913. The number of hydrogen-bond acceptors (Lipinski definition) is 6. The summed E-state index contributed by atoms with van der Waals surface area (Å²) in [7, 11) is -2.98. The van der Waals surface area contributed by atoms with Gasteiger partial charge >= 0.3 is 0 Å². The highest BCUT2D eigenvalue weighted by Crippen LogP contribution is 2.22. The smallest absolute Gasteiger partial charge is 0.276 e. The third kappa shape index (κ3) is 4.44. The number of nitrogens with zero attached hydrogens (tertiary/aromatic N) is 3. The number of aromatic nitrogens is 2. The summed E-state index contributed by atoms with van der Waals surface area (Å²) in [5, 5.41) is 11.1. The Morgan fingerprint density at radius 1 is 1.19 bits per heavy atom. The van der Waals surface area contributed by atoms with Crippen LogP contribution in [0.15, 0.2) is 36.4 Å². The zero-order valence-corrected chi connectivity index (χ0v) is 16.4. The molecule has 2 heterocycles. The van der Waals surface area contributed by atoms with E-state index in [0.29, 0.717) is 18.8 Å². The fourth-order valence-corrected chi connectivity index (χ4v) is 5.10. The summed E-state index contributed by atoms with van der Waals surface area (Å²) in [5.41, 5.74) is 2.04. The fourth-order valence-electron chi connectivity index (χ4n) is 3.36. The van der Waals surface area contributed by atoms with E-state index in [0.717, 1.165) is 17.7 Å². The molecule has 0 radical (unpaired) electrons. The van der Waals surface area contributed by atoms with Crippen LogP contribution >= 0.6 is 0 Å². The van der Waals surface area contributed by atoms with Gasteiger partial charge in [-0.2, -0.15) is 0 Å². The summed E-state index contributed by atoms with van der Waals surface area (Å²) in [4.78, 5) is 14.4. The SMILES string of the molecule is CCc1ccccc1NC(=O)c1ccc(N(CC)C2CCS(=O)(=O)C2)nn1. The van der Waals surface area contributed by atoms with E-state index in [2.05, 4.69) is 15.5 Å². The first-order chi connectivity index (χ1) is 12.9. The number of rotatable bonds is 6. The van der Waals surface area contributed by atoms with Crippen molar-refractivity contribution in [1.82, 2.24) is 10.2 Å². The largest absolute Gasteiger partial charge is 0.351 e. The molecule has 27 heavy (non-hydrogen) atoms. The van der Waals surface area contributed by atoms with E-state index in [-0.39, 0.29) is 29.1 Å². The lowest BCUT2D eigenvalue weighted by atomic mass is 10.1. The first-order valence-electron chi connectivity index (χ1n) is 9.13. The molecule has 2 aromatic rings. The van der Waals surface area contributed by atoms with Crippen molar-refractivity contribution in [3.8, 4) is 0 Å². The summed E-state index contributed by atoms with van der Waals surface area (Å²) < 4.78 is 23.5. The number of amides is 1. The minimum absolute atomic E-state index is 0.0922. The van der Waals surface area contributed by atoms with E-state index in [4.69, 9.17) is 0 Å². The van der Waals surface area contributed by atoms with Gasteiger partial charge in [0.1, 0.15) is 0 Å². The lowest BCUT2D eigenvalue weighted by molar-refractivity contribution is 0.102. The lowest BCUT2D eigenvalue weighted by Gasteiger charge is -2.27. The zero-order chi connectivity index (χ0) is 19.4. The molecule has 0 bridgehead atoms. The van der Waals surface area contributed by atoms with Gasteiger partial charge in [0.05, 0.1) is 11.5 Å². The van der Waals surface area contributed by atoms with Crippen LogP contribution in [0, 0.1) is 0 Å². The van der Waals surface area contributed by atoms with E-state index in [1.54, 1.807) is 12.1 Å². The molecule has 1 aliphatic heterocycles. The molecule has 1 aromatic heterocycles. The number of sulfone groups is 1. The number of benzene rings is 1. The normalized spacial score (nSPS) is 18.2. The molecular weight excluding hydrogens is 364 g/mol. The maximum Gasteiger partial charge on any atom is 0.276 e. The van der Waals surface area contributed by atoms with Crippen LogP contribution in [0.4, 0.5) is 11.5 Å². The number of aryl methyl sites for hydroxylation is 1. The first-order valence-corrected chi connectivity index (χ1v) is 11.0. The van der Waals surface area contributed by atoms with Crippen molar-refractivity contribution in [2.24, 2.45) is 0 Å². The summed E-state index contributed by atoms with van der Waals surface area (Å²) in [5.74, 6) is 0.615. The minimum Gasteiger partial charge on any atom is -0.351 e. The second kappa shape index (κ2) is 8.04. The van der Waals surface area contributed by atoms with Crippen LogP contribution in [0.2, 0.25) is 0 Å². The van der Waals surface area contributed by atoms with E-state index in [1.807, 2.05) is 43.0 Å². The van der Waals surface area contributed by atoms with Crippen LogP contribution in [0.1, 0.15) is 36.3 Å². The average Bonchev–Trinajstić information content (AvgIpc) is 3.03. The van der Waals surface area contributed by atoms with Crippen LogP contribution in [0.5, 0.6) is 0 Å². The first kappa shape index (κ1) is 19.3. The topological polar surface area (TPSA) is 92.3 Å². The molecular formula is C19H24N4O3S. The highest BCUT2D eigenvalue weighted by atomic mass is 32.2. The molecule has 1 N–H and O–H groups in total. The van der Waals surface area contributed by atoms with Gasteiger partial charge in [-0.3, -0.25) is 4.79 Å². The van der Waals surface area contributed by atoms with Crippen LogP contribution < -0.4 is 10.2 Å². The van der Waals surface area contributed by atoms with Crippen molar-refractivity contribution < 1.29 is 13.2 Å². The molecule has 1 saturated heterocycles. The molecule has 1 aliphatic rings. The molecule has 1 amide bonds. The summed E-state index contributed by atoms with van der Waals surface area (Å²) >= 11 is 0. The van der Waals surface area contributed by atoms with Gasteiger partial charge in [0.2, 0.25) is 0 Å². The number of hydrogen-bond donors (Lipinski definition) is 1. The van der Waals surface area contributed by atoms with E-state index in [1.165, 1.54) is 0 Å². The van der Waals surface area contributed by atoms with Crippen LogP contribution in [-0.4, -0.2) is 48.6 Å². The van der Waals surface area contributed by atoms with E-state index >= 15 is 0 Å². The van der Waals surface area contributed by atoms with Gasteiger partial charge in [0.15, 0.2) is 21.3 Å². The summed E-state index contributed by atoms with van der Waals surface area (Å²) in [6.45, 7) is 4.61. The molecule has 0 spiro atoms. The predicted octanol–water partition coefficient (Wildman–Crippen LogP) is 2.30. The minimum atomic E-state index is -2.98. The standard InChI is InChI=1S/C19H24N4O3S/c1-3-14-7-5-6-8-16(14)20-19(24)17-9-10-18(22-21-17)23(4-2)15-11-12-27(25,26)13-15/h5-10,15H,3-4,11-13H2,1-2H3,(H,20,24). The summed E-state index contributed by atoms with van der Waals surface area (Å²) in [6.07, 6.45) is 1.41. The fraction of sp³-hybridized carbons (Fsp3) is 0.421. The van der Waals surface area contributed by atoms with Gasteiger partial charge in [0.25, 0.3) is 5.91 Å². The highest BCUT2D eigenvalue weighted by Gasteiger charge is 2.32. The Morgan fingerprint density at radius 3 is 2.56 bits per heavy atom. The highest BCUT2D eigenvalue weighted by molar-refractivity contribution is 7.91. The molecule has 144 valence electrons. The second-order valence-electron chi connectivity index (χ2n) is 6.58. The second-order valence-corrected chi connectivity index (χ2v) is 8.81. The van der Waals surface area contributed by atoms with E-state index in [9.17, 15) is 13.2 Å². The molecule has 3 rings (SSSR count). The van der Waals surface area contributed by atoms with Crippen molar-refractivity contribution in [1.29, 1.82) is 0 Å². The number of nitrogens with one attached hydrogen (secondary N) is 1. The Kier molecular flexibility index (Phi) is 5.74. The maximum absolute atomic E-state index is 12.5. The number of para-hydroxylation sites is 1. The lowest BCUT2D eigenvalue weighted by Crippen LogP contribution is -2.37. The van der Waals surface area contributed by atoms with Gasteiger partial charge < -0.3 is 10.2 Å². The van der Waals surface area contributed by atoms with Gasteiger partial charge in [-0.25, -0.2) is 8.42 Å². The maximum atomic E-state index is 12.5. The van der Waals surface area contributed by atoms with Gasteiger partial charge in [-0.05, 0) is 43.5 Å². The van der Waals surface area contributed by atoms with Crippen molar-refractivity contribution in [3.05, 3.63) is 47.7 Å². The molecule has 1 fully saturated rings. The predicted molar refractivity (Wildman–Crippen MR) is 106 cm³/mol. The zero-order valence-electron chi connectivity index (χ0n) is 15.6. The monoisotopic (exact) mass is 388 g/mol. The Morgan fingerprint density at radius 2 is 1.96 bits per heavy atom. The third-order valence-corrected chi connectivity index (χ3v) is 6.56. The van der Waals surface area contributed by atoms with Crippen LogP contribution in [0.25, 0.3) is 0 Å². The Labute approximate surface area is 159 Å². The van der Waals surface area contributed by atoms with Gasteiger partial charge in [0, 0.05) is 18.3 Å². The number of carbonyl (C=O) groups excluding carboxylic acids is 1. The quantitative estimate of drug-likeness (QED) is 0.816. The average molecular weight is 388 g/mol. The molecule has 1 aromatic carbocycles. The molecule has 0 saturated carbocycles. The van der Waals surface area contributed by atoms with Crippen molar-refractivity contribution in [2.75, 3.05) is 28.3 Å². The number of anilines is 2. The van der Waals surface area contributed by atoms with Crippen molar-refractivity contribution in [2.45, 2.75) is 32.7 Å². The Balaban J connectivity index is 1.73. The summed E-state index contributed by atoms with van der Waals surface area (Å²) in [6, 6.07) is 10.9. The molecule has 1 atom stereocenters. The van der Waals surface area contributed by atoms with Gasteiger partial charge in [-0.15, -0.1) is 10.2 Å². The molecule has 0 aliphatic carbocycles. The molecule has 7 nitrogen and oxygen atoms in total.